The van der Waals surface area contributed by atoms with Gasteiger partial charge in [0.15, 0.2) is 0 Å². The molecule has 8 nitrogen and oxygen atoms in total. The Morgan fingerprint density at radius 1 is 0.829 bits per heavy atom. The highest BCUT2D eigenvalue weighted by molar-refractivity contribution is 7.45. The number of nitrogens with one attached hydrogen (secondary N) is 1. The first-order valence-corrected chi connectivity index (χ1v) is 17.3. The lowest BCUT2D eigenvalue weighted by molar-refractivity contribution is -0.870. The average molecular weight is 601 g/mol. The van der Waals surface area contributed by atoms with E-state index in [-0.39, 0.29) is 12.5 Å². The zero-order valence-corrected chi connectivity index (χ0v) is 27.6. The molecule has 0 aliphatic heterocycles. The van der Waals surface area contributed by atoms with Crippen LogP contribution in [0.3, 0.4) is 0 Å². The van der Waals surface area contributed by atoms with Crippen LogP contribution in [0, 0.1) is 0 Å². The van der Waals surface area contributed by atoms with E-state index in [1.54, 1.807) is 6.08 Å². The molecule has 2 N–H and O–H groups in total. The second-order valence-corrected chi connectivity index (χ2v) is 13.2. The van der Waals surface area contributed by atoms with Crippen LogP contribution < -0.4 is 10.2 Å². The molecule has 0 bridgehead atoms. The molecule has 0 fully saturated rings. The molecule has 9 heteroatoms. The molecule has 1 amide bonds. The van der Waals surface area contributed by atoms with Gasteiger partial charge in [0.1, 0.15) is 13.2 Å². The lowest BCUT2D eigenvalue weighted by Crippen LogP contribution is -2.45. The van der Waals surface area contributed by atoms with Gasteiger partial charge < -0.3 is 28.8 Å². The predicted octanol–water partition coefficient (Wildman–Crippen LogP) is 6.60. The van der Waals surface area contributed by atoms with Crippen molar-refractivity contribution in [2.75, 3.05) is 40.9 Å². The molecule has 0 saturated carbocycles. The van der Waals surface area contributed by atoms with Gasteiger partial charge in [-0.2, -0.15) is 0 Å². The van der Waals surface area contributed by atoms with Crippen molar-refractivity contribution in [3.05, 3.63) is 36.5 Å². The molecular formula is C32H61N2O6P. The number of carbonyl (C=O) groups is 1. The molecule has 3 atom stereocenters. The summed E-state index contributed by atoms with van der Waals surface area (Å²) >= 11 is 0. The lowest BCUT2D eigenvalue weighted by Gasteiger charge is -2.29. The minimum absolute atomic E-state index is 0.00925. The van der Waals surface area contributed by atoms with E-state index in [9.17, 15) is 19.4 Å². The van der Waals surface area contributed by atoms with Gasteiger partial charge in [0.2, 0.25) is 5.91 Å². The second kappa shape index (κ2) is 25.2. The summed E-state index contributed by atoms with van der Waals surface area (Å²) < 4.78 is 22.9. The maximum Gasteiger partial charge on any atom is 0.268 e. The highest BCUT2D eigenvalue weighted by atomic mass is 31.2. The molecule has 0 aromatic carbocycles. The number of amides is 1. The molecule has 0 rings (SSSR count). The van der Waals surface area contributed by atoms with Crippen LogP contribution in [0.15, 0.2) is 36.5 Å². The van der Waals surface area contributed by atoms with Gasteiger partial charge in [-0.15, -0.1) is 0 Å². The monoisotopic (exact) mass is 600 g/mol. The number of aliphatic hydroxyl groups is 1. The van der Waals surface area contributed by atoms with Crippen molar-refractivity contribution in [1.29, 1.82) is 0 Å². The lowest BCUT2D eigenvalue weighted by atomic mass is 10.1. The first kappa shape index (κ1) is 39.7. The Morgan fingerprint density at radius 3 is 1.98 bits per heavy atom. The number of aliphatic hydroxyl groups excluding tert-OH is 1. The minimum Gasteiger partial charge on any atom is -0.756 e. The van der Waals surface area contributed by atoms with Crippen LogP contribution in [0.4, 0.5) is 0 Å². The number of hydrogen-bond donors (Lipinski definition) is 2. The molecule has 0 spiro atoms. The van der Waals surface area contributed by atoms with Crippen molar-refractivity contribution in [2.24, 2.45) is 0 Å². The zero-order chi connectivity index (χ0) is 30.8. The largest absolute Gasteiger partial charge is 0.756 e. The Balaban J connectivity index is 4.69. The Kier molecular flexibility index (Phi) is 24.5. The number of nitrogens with zero attached hydrogens (tertiary/aromatic N) is 1. The Morgan fingerprint density at radius 2 is 1.37 bits per heavy atom. The van der Waals surface area contributed by atoms with Gasteiger partial charge in [0, 0.05) is 6.42 Å². The van der Waals surface area contributed by atoms with Crippen molar-refractivity contribution >= 4 is 13.7 Å². The third-order valence-electron chi connectivity index (χ3n) is 6.57. The number of phosphoric acid groups is 1. The van der Waals surface area contributed by atoms with Crippen LogP contribution in [0.1, 0.15) is 110 Å². The highest BCUT2D eigenvalue weighted by Crippen LogP contribution is 2.38. The normalized spacial score (nSPS) is 15.6. The number of quaternary nitrogens is 1. The maximum absolute atomic E-state index is 12.6. The fourth-order valence-electron chi connectivity index (χ4n) is 3.90. The summed E-state index contributed by atoms with van der Waals surface area (Å²) in [4.78, 5) is 24.9. The number of rotatable bonds is 27. The van der Waals surface area contributed by atoms with Crippen LogP contribution in [0.2, 0.25) is 0 Å². The van der Waals surface area contributed by atoms with E-state index in [1.807, 2.05) is 27.2 Å². The van der Waals surface area contributed by atoms with Crippen molar-refractivity contribution < 1.29 is 32.9 Å². The molecule has 0 aliphatic carbocycles. The van der Waals surface area contributed by atoms with Gasteiger partial charge in [-0.1, -0.05) is 95.2 Å². The van der Waals surface area contributed by atoms with E-state index in [2.05, 4.69) is 43.5 Å². The molecule has 0 radical (unpaired) electrons. The van der Waals surface area contributed by atoms with Crippen LogP contribution in [0.25, 0.3) is 0 Å². The number of likely N-dealkylation sites (N-methyl/N-ethyl adjacent to an activating group) is 1. The van der Waals surface area contributed by atoms with Crippen molar-refractivity contribution in [3.8, 4) is 0 Å². The standard InChI is InChI=1S/C32H61N2O6P/c1-6-8-10-12-14-16-17-18-20-22-24-26-32(36)33-30(29-40-41(37,38)39-28-27-34(3,4)5)31(35)25-23-21-19-15-13-11-9-7-2/h12-15,23,25,30-31,35H,6-11,16-22,24,26-29H2,1-5H3,(H-,33,36,37,38)/b14-12-,15-13+,25-23+. The smallest absolute Gasteiger partial charge is 0.268 e. The van der Waals surface area contributed by atoms with E-state index < -0.39 is 26.6 Å². The van der Waals surface area contributed by atoms with Crippen molar-refractivity contribution in [2.45, 2.75) is 122 Å². The third kappa shape index (κ3) is 27.3. The summed E-state index contributed by atoms with van der Waals surface area (Å²) in [6.07, 6.45) is 26.3. The summed E-state index contributed by atoms with van der Waals surface area (Å²) in [5.74, 6) is -0.226. The van der Waals surface area contributed by atoms with E-state index >= 15 is 0 Å². The van der Waals surface area contributed by atoms with Crippen molar-refractivity contribution in [3.63, 3.8) is 0 Å². The molecule has 0 heterocycles. The van der Waals surface area contributed by atoms with Gasteiger partial charge >= 0.3 is 0 Å². The number of carbonyl (C=O) groups excluding carboxylic acids is 1. The molecular weight excluding hydrogens is 539 g/mol. The molecule has 0 aliphatic rings. The topological polar surface area (TPSA) is 108 Å². The van der Waals surface area contributed by atoms with Crippen LogP contribution in [-0.2, 0) is 18.4 Å². The fraction of sp³-hybridized carbons (Fsp3) is 0.781. The molecule has 41 heavy (non-hydrogen) atoms. The first-order valence-electron chi connectivity index (χ1n) is 15.9. The quantitative estimate of drug-likeness (QED) is 0.0476. The highest BCUT2D eigenvalue weighted by Gasteiger charge is 2.23. The zero-order valence-electron chi connectivity index (χ0n) is 26.7. The van der Waals surface area contributed by atoms with E-state index in [0.29, 0.717) is 17.4 Å². The molecule has 3 unspecified atom stereocenters. The van der Waals surface area contributed by atoms with E-state index in [4.69, 9.17) is 9.05 Å². The van der Waals surface area contributed by atoms with E-state index in [0.717, 1.165) is 64.2 Å². The molecule has 0 saturated heterocycles. The van der Waals surface area contributed by atoms with E-state index in [1.165, 1.54) is 25.7 Å². The summed E-state index contributed by atoms with van der Waals surface area (Å²) in [6, 6.07) is -0.900. The van der Waals surface area contributed by atoms with Crippen molar-refractivity contribution in [1.82, 2.24) is 5.32 Å². The third-order valence-corrected chi connectivity index (χ3v) is 7.54. The Bertz CT molecular complexity index is 779. The van der Waals surface area contributed by atoms with Crippen LogP contribution in [-0.4, -0.2) is 68.5 Å². The summed E-state index contributed by atoms with van der Waals surface area (Å²) in [5.41, 5.74) is 0. The summed E-state index contributed by atoms with van der Waals surface area (Å²) in [7, 11) is 1.22. The Hall–Kier alpha value is -1.28. The van der Waals surface area contributed by atoms with Crippen LogP contribution in [0.5, 0.6) is 0 Å². The van der Waals surface area contributed by atoms with Gasteiger partial charge in [-0.3, -0.25) is 9.36 Å². The fourth-order valence-corrected chi connectivity index (χ4v) is 4.62. The van der Waals surface area contributed by atoms with Gasteiger partial charge in [-0.05, 0) is 44.9 Å². The first-order chi connectivity index (χ1) is 19.5. The number of unbranched alkanes of at least 4 members (excludes halogenated alkanes) is 10. The number of allylic oxidation sites excluding steroid dienone is 5. The summed E-state index contributed by atoms with van der Waals surface area (Å²) in [5, 5.41) is 13.5. The van der Waals surface area contributed by atoms with Gasteiger partial charge in [-0.25, -0.2) is 0 Å². The number of phosphoric ester groups is 1. The van der Waals surface area contributed by atoms with Gasteiger partial charge in [0.05, 0.1) is 39.9 Å². The van der Waals surface area contributed by atoms with Gasteiger partial charge in [0.25, 0.3) is 7.82 Å². The SMILES string of the molecule is CCCC/C=C\CCCCCCCC(=O)NC(COP(=O)([O-])OCC[N+](C)(C)C)C(O)/C=C/CC/C=C/CCCC. The Labute approximate surface area is 251 Å². The number of hydrogen-bond acceptors (Lipinski definition) is 6. The molecule has 0 aromatic rings. The minimum atomic E-state index is -4.57. The summed E-state index contributed by atoms with van der Waals surface area (Å²) in [6.45, 7) is 4.45. The van der Waals surface area contributed by atoms with Crippen LogP contribution >= 0.6 is 7.82 Å². The maximum atomic E-state index is 12.6. The molecule has 0 aromatic heterocycles. The predicted molar refractivity (Wildman–Crippen MR) is 168 cm³/mol. The average Bonchev–Trinajstić information content (AvgIpc) is 2.90. The second-order valence-electron chi connectivity index (χ2n) is 11.8. The molecule has 240 valence electrons.